The largest absolute Gasteiger partial charge is 0.298 e. The van der Waals surface area contributed by atoms with Crippen molar-refractivity contribution in [3.8, 4) is 21.7 Å². The Bertz CT molecular complexity index is 948. The van der Waals surface area contributed by atoms with Gasteiger partial charge in [0.25, 0.3) is 0 Å². The van der Waals surface area contributed by atoms with E-state index in [0.29, 0.717) is 0 Å². The number of aryl methyl sites for hydroxylation is 1. The molecule has 6 heteroatoms. The van der Waals surface area contributed by atoms with E-state index in [2.05, 4.69) is 50.2 Å². The number of aromatic nitrogens is 4. The molecule has 0 spiro atoms. The summed E-state index contributed by atoms with van der Waals surface area (Å²) in [4.78, 5) is 5.75. The summed E-state index contributed by atoms with van der Waals surface area (Å²) in [7, 11) is 0. The Kier molecular flexibility index (Phi) is 3.28. The van der Waals surface area contributed by atoms with Gasteiger partial charge in [-0.05, 0) is 37.4 Å². The molecule has 0 bridgehead atoms. The van der Waals surface area contributed by atoms with Crippen LogP contribution in [-0.2, 0) is 0 Å². The smallest absolute Gasteiger partial charge is 0.137 e. The van der Waals surface area contributed by atoms with E-state index in [1.54, 1.807) is 23.1 Å². The minimum Gasteiger partial charge on any atom is -0.298 e. The molecule has 110 valence electrons. The number of thiophene rings is 1. The predicted octanol–water partition coefficient (Wildman–Crippen LogP) is 4.48. The molecule has 0 aliphatic carbocycles. The number of fused-ring (bicyclic) bond motifs is 1. The van der Waals surface area contributed by atoms with Crippen molar-refractivity contribution in [1.29, 1.82) is 0 Å². The molecule has 4 aromatic rings. The standard InChI is InChI=1S/C16H14N4S2/c1-10-12(7-18-19-10)11-3-5-15-17-8-13(20(15)9-11)14-4-6-16(21-2)22-14/h3-9H,1-2H3,(H,18,19). The Morgan fingerprint density at radius 2 is 2.09 bits per heavy atom. The molecule has 1 N–H and O–H groups in total. The number of imidazole rings is 1. The molecule has 0 saturated heterocycles. The maximum atomic E-state index is 4.51. The van der Waals surface area contributed by atoms with Gasteiger partial charge in [0.05, 0.1) is 27.2 Å². The highest BCUT2D eigenvalue weighted by Crippen LogP contribution is 2.34. The van der Waals surface area contributed by atoms with Crippen molar-refractivity contribution < 1.29 is 0 Å². The predicted molar refractivity (Wildman–Crippen MR) is 92.6 cm³/mol. The van der Waals surface area contributed by atoms with Gasteiger partial charge in [-0.1, -0.05) is 0 Å². The second kappa shape index (κ2) is 5.30. The molecule has 0 radical (unpaired) electrons. The molecule has 4 nitrogen and oxygen atoms in total. The van der Waals surface area contributed by atoms with Gasteiger partial charge in [0.15, 0.2) is 0 Å². The van der Waals surface area contributed by atoms with Gasteiger partial charge in [-0.3, -0.25) is 9.50 Å². The van der Waals surface area contributed by atoms with Crippen LogP contribution in [0.5, 0.6) is 0 Å². The number of aromatic amines is 1. The summed E-state index contributed by atoms with van der Waals surface area (Å²) in [5, 5.41) is 7.10. The first kappa shape index (κ1) is 13.6. The lowest BCUT2D eigenvalue weighted by Gasteiger charge is -2.04. The summed E-state index contributed by atoms with van der Waals surface area (Å²) in [5.41, 5.74) is 5.42. The minimum atomic E-state index is 0.957. The second-order valence-corrected chi connectivity index (χ2v) is 7.21. The van der Waals surface area contributed by atoms with Crippen LogP contribution in [0, 0.1) is 6.92 Å². The van der Waals surface area contributed by atoms with Gasteiger partial charge in [0, 0.05) is 23.0 Å². The molecule has 22 heavy (non-hydrogen) atoms. The molecule has 4 heterocycles. The SMILES string of the molecule is CSc1ccc(-c2cnc3ccc(-c4cn[nH]c4C)cn23)s1. The van der Waals surface area contributed by atoms with Crippen molar-refractivity contribution in [3.63, 3.8) is 0 Å². The Morgan fingerprint density at radius 1 is 1.18 bits per heavy atom. The molecule has 0 saturated carbocycles. The Labute approximate surface area is 136 Å². The molecular formula is C16H14N4S2. The third-order valence-electron chi connectivity index (χ3n) is 3.68. The van der Waals surface area contributed by atoms with Crippen molar-refractivity contribution in [2.45, 2.75) is 11.1 Å². The quantitative estimate of drug-likeness (QED) is 0.565. The van der Waals surface area contributed by atoms with Gasteiger partial charge in [0.1, 0.15) is 5.65 Å². The van der Waals surface area contributed by atoms with Gasteiger partial charge in [0.2, 0.25) is 0 Å². The topological polar surface area (TPSA) is 46.0 Å². The van der Waals surface area contributed by atoms with E-state index < -0.39 is 0 Å². The summed E-state index contributed by atoms with van der Waals surface area (Å²) >= 11 is 3.57. The van der Waals surface area contributed by atoms with E-state index in [-0.39, 0.29) is 0 Å². The summed E-state index contributed by atoms with van der Waals surface area (Å²) in [6.07, 6.45) is 8.04. The minimum absolute atomic E-state index is 0.957. The van der Waals surface area contributed by atoms with Crippen molar-refractivity contribution in [2.75, 3.05) is 6.26 Å². The Morgan fingerprint density at radius 3 is 2.82 bits per heavy atom. The zero-order valence-electron chi connectivity index (χ0n) is 12.2. The zero-order chi connectivity index (χ0) is 15.1. The van der Waals surface area contributed by atoms with Gasteiger partial charge in [-0.25, -0.2) is 4.98 Å². The van der Waals surface area contributed by atoms with Crippen LogP contribution in [0.25, 0.3) is 27.3 Å². The third kappa shape index (κ3) is 2.15. The summed E-state index contributed by atoms with van der Waals surface area (Å²) in [6, 6.07) is 8.46. The van der Waals surface area contributed by atoms with E-state index in [0.717, 1.165) is 28.2 Å². The van der Waals surface area contributed by atoms with E-state index in [4.69, 9.17) is 0 Å². The number of rotatable bonds is 3. The number of nitrogens with one attached hydrogen (secondary N) is 1. The highest BCUT2D eigenvalue weighted by Gasteiger charge is 2.11. The zero-order valence-corrected chi connectivity index (χ0v) is 13.8. The molecule has 4 aromatic heterocycles. The third-order valence-corrected chi connectivity index (χ3v) is 5.87. The van der Waals surface area contributed by atoms with Crippen LogP contribution in [-0.4, -0.2) is 25.8 Å². The fraction of sp³-hybridized carbons (Fsp3) is 0.125. The lowest BCUT2D eigenvalue weighted by molar-refractivity contribution is 1.05. The van der Waals surface area contributed by atoms with Crippen molar-refractivity contribution >= 4 is 28.7 Å². The normalized spacial score (nSPS) is 11.4. The van der Waals surface area contributed by atoms with Crippen LogP contribution in [0.1, 0.15) is 5.69 Å². The van der Waals surface area contributed by atoms with E-state index in [1.165, 1.54) is 9.09 Å². The van der Waals surface area contributed by atoms with E-state index in [9.17, 15) is 0 Å². The average Bonchev–Trinajstić information content (AvgIpc) is 3.24. The number of pyridine rings is 1. The monoisotopic (exact) mass is 326 g/mol. The second-order valence-electron chi connectivity index (χ2n) is 5.02. The first-order valence-electron chi connectivity index (χ1n) is 6.88. The van der Waals surface area contributed by atoms with Crippen LogP contribution in [0.15, 0.2) is 47.1 Å². The molecule has 0 atom stereocenters. The first-order chi connectivity index (χ1) is 10.8. The van der Waals surface area contributed by atoms with Gasteiger partial charge < -0.3 is 0 Å². The molecule has 0 aromatic carbocycles. The summed E-state index contributed by atoms with van der Waals surface area (Å²) in [6.45, 7) is 2.03. The van der Waals surface area contributed by atoms with E-state index in [1.807, 2.05) is 25.4 Å². The number of hydrogen-bond donors (Lipinski definition) is 1. The average molecular weight is 326 g/mol. The molecule has 0 unspecified atom stereocenters. The number of H-pyrrole nitrogens is 1. The summed E-state index contributed by atoms with van der Waals surface area (Å²) in [5.74, 6) is 0. The van der Waals surface area contributed by atoms with Crippen molar-refractivity contribution in [3.05, 3.63) is 48.5 Å². The van der Waals surface area contributed by atoms with E-state index >= 15 is 0 Å². The lowest BCUT2D eigenvalue weighted by atomic mass is 10.1. The molecule has 0 amide bonds. The Balaban J connectivity index is 1.88. The lowest BCUT2D eigenvalue weighted by Crippen LogP contribution is -1.89. The summed E-state index contributed by atoms with van der Waals surface area (Å²) < 4.78 is 3.46. The first-order valence-corrected chi connectivity index (χ1v) is 8.92. The molecular weight excluding hydrogens is 312 g/mol. The van der Waals surface area contributed by atoms with Crippen LogP contribution in [0.4, 0.5) is 0 Å². The molecule has 0 aliphatic heterocycles. The van der Waals surface area contributed by atoms with Crippen LogP contribution >= 0.6 is 23.1 Å². The molecule has 0 fully saturated rings. The van der Waals surface area contributed by atoms with Crippen LogP contribution < -0.4 is 0 Å². The van der Waals surface area contributed by atoms with Crippen LogP contribution in [0.2, 0.25) is 0 Å². The maximum Gasteiger partial charge on any atom is 0.137 e. The van der Waals surface area contributed by atoms with Gasteiger partial charge >= 0.3 is 0 Å². The van der Waals surface area contributed by atoms with Gasteiger partial charge in [-0.15, -0.1) is 23.1 Å². The van der Waals surface area contributed by atoms with Crippen molar-refractivity contribution in [2.24, 2.45) is 0 Å². The van der Waals surface area contributed by atoms with Crippen LogP contribution in [0.3, 0.4) is 0 Å². The fourth-order valence-electron chi connectivity index (χ4n) is 2.53. The van der Waals surface area contributed by atoms with Gasteiger partial charge in [-0.2, -0.15) is 5.10 Å². The molecule has 4 rings (SSSR count). The van der Waals surface area contributed by atoms with Crippen molar-refractivity contribution in [1.82, 2.24) is 19.6 Å². The maximum absolute atomic E-state index is 4.51. The Hall–Kier alpha value is -2.05. The number of thioether (sulfide) groups is 1. The highest BCUT2D eigenvalue weighted by molar-refractivity contribution is 8.00. The highest BCUT2D eigenvalue weighted by atomic mass is 32.2. The number of nitrogens with zero attached hydrogens (tertiary/aromatic N) is 3. The molecule has 0 aliphatic rings. The number of hydrogen-bond acceptors (Lipinski definition) is 4. The fourth-order valence-corrected chi connectivity index (χ4v) is 4.08.